The van der Waals surface area contributed by atoms with E-state index in [1.54, 1.807) is 36.4 Å². The summed E-state index contributed by atoms with van der Waals surface area (Å²) in [5, 5.41) is 13.4. The van der Waals surface area contributed by atoms with Gasteiger partial charge in [0.15, 0.2) is 11.5 Å². The minimum Gasteiger partial charge on any atom is -0.504 e. The Kier molecular flexibility index (Phi) is 4.40. The molecule has 6 heteroatoms. The molecule has 0 heterocycles. The summed E-state index contributed by atoms with van der Waals surface area (Å²) in [4.78, 5) is 11.8. The molecule has 108 valence electrons. The highest BCUT2D eigenvalue weighted by atomic mass is 16.5. The maximum absolute atomic E-state index is 11.8. The molecule has 0 fully saturated rings. The Balaban J connectivity index is 2.00. The third-order valence-corrected chi connectivity index (χ3v) is 2.76. The normalized spacial score (nSPS) is 10.5. The van der Waals surface area contributed by atoms with Crippen molar-refractivity contribution in [3.8, 4) is 11.5 Å². The van der Waals surface area contributed by atoms with Crippen molar-refractivity contribution in [1.29, 1.82) is 0 Å². The molecule has 0 saturated carbocycles. The predicted molar refractivity (Wildman–Crippen MR) is 80.6 cm³/mol. The number of nitrogens with one attached hydrogen (secondary N) is 1. The van der Waals surface area contributed by atoms with E-state index in [1.807, 2.05) is 0 Å². The maximum atomic E-state index is 11.8. The zero-order valence-corrected chi connectivity index (χ0v) is 11.4. The van der Waals surface area contributed by atoms with E-state index in [2.05, 4.69) is 10.5 Å². The van der Waals surface area contributed by atoms with Gasteiger partial charge < -0.3 is 15.6 Å². The molecule has 0 radical (unpaired) electrons. The molecule has 0 bridgehead atoms. The number of nitrogens with zero attached hydrogens (tertiary/aromatic N) is 1. The van der Waals surface area contributed by atoms with Crippen molar-refractivity contribution in [3.05, 3.63) is 53.6 Å². The molecule has 0 aromatic heterocycles. The van der Waals surface area contributed by atoms with E-state index in [-0.39, 0.29) is 11.7 Å². The van der Waals surface area contributed by atoms with Gasteiger partial charge in [-0.15, -0.1) is 0 Å². The molecule has 1 amide bonds. The van der Waals surface area contributed by atoms with Crippen molar-refractivity contribution >= 4 is 17.8 Å². The van der Waals surface area contributed by atoms with Gasteiger partial charge in [0, 0.05) is 11.3 Å². The van der Waals surface area contributed by atoms with Gasteiger partial charge in [-0.2, -0.15) is 5.10 Å². The Morgan fingerprint density at radius 1 is 1.29 bits per heavy atom. The van der Waals surface area contributed by atoms with Crippen LogP contribution in [0.2, 0.25) is 0 Å². The summed E-state index contributed by atoms with van der Waals surface area (Å²) in [6.45, 7) is 0. The van der Waals surface area contributed by atoms with Crippen LogP contribution in [0.3, 0.4) is 0 Å². The first-order valence-electron chi connectivity index (χ1n) is 6.16. The number of carbonyl (C=O) groups is 1. The second-order valence-electron chi connectivity index (χ2n) is 4.25. The molecule has 0 saturated heterocycles. The van der Waals surface area contributed by atoms with Gasteiger partial charge in [0.2, 0.25) is 0 Å². The van der Waals surface area contributed by atoms with Crippen LogP contribution in [0.4, 0.5) is 5.69 Å². The van der Waals surface area contributed by atoms with E-state index in [0.29, 0.717) is 22.6 Å². The maximum Gasteiger partial charge on any atom is 0.271 e. The van der Waals surface area contributed by atoms with E-state index in [4.69, 9.17) is 10.5 Å². The smallest absolute Gasteiger partial charge is 0.271 e. The van der Waals surface area contributed by atoms with Crippen LogP contribution in [0.5, 0.6) is 11.5 Å². The van der Waals surface area contributed by atoms with Crippen molar-refractivity contribution in [1.82, 2.24) is 5.43 Å². The summed E-state index contributed by atoms with van der Waals surface area (Å²) in [5.74, 6) is 0.0355. The third-order valence-electron chi connectivity index (χ3n) is 2.76. The average molecular weight is 285 g/mol. The number of hydrogen-bond acceptors (Lipinski definition) is 5. The number of amides is 1. The topological polar surface area (TPSA) is 96.9 Å². The van der Waals surface area contributed by atoms with Crippen molar-refractivity contribution < 1.29 is 14.6 Å². The summed E-state index contributed by atoms with van der Waals surface area (Å²) in [6.07, 6.45) is 1.42. The summed E-state index contributed by atoms with van der Waals surface area (Å²) in [5.41, 5.74) is 9.61. The fraction of sp³-hybridized carbons (Fsp3) is 0.0667. The number of nitrogen functional groups attached to an aromatic ring is 1. The predicted octanol–water partition coefficient (Wildman–Crippen LogP) is 1.75. The highest BCUT2D eigenvalue weighted by Gasteiger charge is 2.03. The number of methoxy groups -OCH3 is 1. The molecule has 2 rings (SSSR count). The van der Waals surface area contributed by atoms with Gasteiger partial charge >= 0.3 is 0 Å². The molecule has 0 aliphatic rings. The van der Waals surface area contributed by atoms with E-state index in [9.17, 15) is 9.90 Å². The highest BCUT2D eigenvalue weighted by molar-refractivity contribution is 5.95. The minimum atomic E-state index is -0.344. The second-order valence-corrected chi connectivity index (χ2v) is 4.25. The van der Waals surface area contributed by atoms with Gasteiger partial charge in [-0.25, -0.2) is 5.43 Å². The standard InChI is InChI=1S/C15H15N3O3/c1-21-14-7-2-10(8-13(14)19)9-17-18-15(20)11-3-5-12(16)6-4-11/h2-9,19H,16H2,1H3,(H,18,20). The Hall–Kier alpha value is -3.02. The number of anilines is 1. The molecule has 0 spiro atoms. The lowest BCUT2D eigenvalue weighted by Crippen LogP contribution is -2.17. The molecular weight excluding hydrogens is 270 g/mol. The number of nitrogens with two attached hydrogens (primary N) is 1. The molecule has 2 aromatic rings. The van der Waals surface area contributed by atoms with Gasteiger partial charge in [0.25, 0.3) is 5.91 Å². The number of aromatic hydroxyl groups is 1. The second kappa shape index (κ2) is 6.42. The Morgan fingerprint density at radius 3 is 2.62 bits per heavy atom. The summed E-state index contributed by atoms with van der Waals surface area (Å²) in [7, 11) is 1.47. The number of phenolic OH excluding ortho intramolecular Hbond substituents is 1. The number of hydrogen-bond donors (Lipinski definition) is 3. The monoisotopic (exact) mass is 285 g/mol. The lowest BCUT2D eigenvalue weighted by molar-refractivity contribution is 0.0955. The summed E-state index contributed by atoms with van der Waals surface area (Å²) >= 11 is 0. The van der Waals surface area contributed by atoms with Crippen LogP contribution in [-0.2, 0) is 0 Å². The van der Waals surface area contributed by atoms with Gasteiger partial charge in [-0.05, 0) is 48.0 Å². The molecule has 21 heavy (non-hydrogen) atoms. The zero-order chi connectivity index (χ0) is 15.2. The first-order valence-corrected chi connectivity index (χ1v) is 6.16. The van der Waals surface area contributed by atoms with E-state index < -0.39 is 0 Å². The number of benzene rings is 2. The number of rotatable bonds is 4. The van der Waals surface area contributed by atoms with Crippen LogP contribution in [0.25, 0.3) is 0 Å². The van der Waals surface area contributed by atoms with Crippen LogP contribution < -0.4 is 15.9 Å². The first kappa shape index (κ1) is 14.4. The highest BCUT2D eigenvalue weighted by Crippen LogP contribution is 2.25. The van der Waals surface area contributed by atoms with Gasteiger partial charge in [0.05, 0.1) is 13.3 Å². The van der Waals surface area contributed by atoms with Crippen LogP contribution in [0.15, 0.2) is 47.6 Å². The zero-order valence-electron chi connectivity index (χ0n) is 11.4. The molecule has 6 nitrogen and oxygen atoms in total. The van der Waals surface area contributed by atoms with Gasteiger partial charge in [0.1, 0.15) is 0 Å². The lowest BCUT2D eigenvalue weighted by atomic mass is 10.2. The Labute approximate surface area is 121 Å². The first-order chi connectivity index (χ1) is 10.1. The lowest BCUT2D eigenvalue weighted by Gasteiger charge is -2.03. The van der Waals surface area contributed by atoms with Crippen LogP contribution in [0, 0.1) is 0 Å². The SMILES string of the molecule is COc1ccc(C=NNC(=O)c2ccc(N)cc2)cc1O. The van der Waals surface area contributed by atoms with Gasteiger partial charge in [-0.1, -0.05) is 0 Å². The largest absolute Gasteiger partial charge is 0.504 e. The average Bonchev–Trinajstić information content (AvgIpc) is 2.48. The molecule has 0 aliphatic heterocycles. The summed E-state index contributed by atoms with van der Waals surface area (Å²) in [6, 6.07) is 11.3. The summed E-state index contributed by atoms with van der Waals surface area (Å²) < 4.78 is 4.94. The molecule has 0 unspecified atom stereocenters. The van der Waals surface area contributed by atoms with Crippen LogP contribution >= 0.6 is 0 Å². The fourth-order valence-corrected chi connectivity index (χ4v) is 1.65. The molecule has 2 aromatic carbocycles. The molecule has 0 aliphatic carbocycles. The van der Waals surface area contributed by atoms with Crippen molar-refractivity contribution in [2.24, 2.45) is 5.10 Å². The number of hydrazone groups is 1. The van der Waals surface area contributed by atoms with Crippen molar-refractivity contribution in [2.45, 2.75) is 0 Å². The van der Waals surface area contributed by atoms with Crippen molar-refractivity contribution in [3.63, 3.8) is 0 Å². The number of carbonyl (C=O) groups excluding carboxylic acids is 1. The quantitative estimate of drug-likeness (QED) is 0.453. The number of phenols is 1. The Bertz CT molecular complexity index is 666. The molecular formula is C15H15N3O3. The number of ether oxygens (including phenoxy) is 1. The van der Waals surface area contributed by atoms with E-state index in [1.165, 1.54) is 19.4 Å². The van der Waals surface area contributed by atoms with E-state index >= 15 is 0 Å². The fourth-order valence-electron chi connectivity index (χ4n) is 1.65. The van der Waals surface area contributed by atoms with Crippen molar-refractivity contribution in [2.75, 3.05) is 12.8 Å². The van der Waals surface area contributed by atoms with Crippen LogP contribution in [0.1, 0.15) is 15.9 Å². The third kappa shape index (κ3) is 3.73. The Morgan fingerprint density at radius 2 is 2.00 bits per heavy atom. The molecule has 0 atom stereocenters. The molecule has 4 N–H and O–H groups in total. The van der Waals surface area contributed by atoms with Crippen LogP contribution in [-0.4, -0.2) is 24.3 Å². The van der Waals surface area contributed by atoms with E-state index in [0.717, 1.165) is 0 Å². The van der Waals surface area contributed by atoms with Gasteiger partial charge in [-0.3, -0.25) is 4.79 Å². The minimum absolute atomic E-state index is 0.00584.